The fraction of sp³-hybridized carbons (Fsp3) is 0.500. The minimum Gasteiger partial charge on any atom is -0.497 e. The summed E-state index contributed by atoms with van der Waals surface area (Å²) in [6.07, 6.45) is 1.83. The molecule has 1 fully saturated rings. The molecule has 126 valence electrons. The maximum atomic E-state index is 13.8. The highest BCUT2D eigenvalue weighted by Crippen LogP contribution is 2.32. The Hall–Kier alpha value is -1.82. The molecule has 0 spiro atoms. The molecule has 0 heterocycles. The SMILES string of the molecule is COc1cc(C(=O)O)c(Cl)c(C(=O)NC2CCC(C)(F)CC2)c1. The first-order chi connectivity index (χ1) is 10.7. The van der Waals surface area contributed by atoms with Gasteiger partial charge < -0.3 is 15.2 Å². The topological polar surface area (TPSA) is 75.6 Å². The van der Waals surface area contributed by atoms with Crippen molar-refractivity contribution in [3.8, 4) is 5.75 Å². The lowest BCUT2D eigenvalue weighted by molar-refractivity contribution is 0.0696. The number of amides is 1. The molecular weight excluding hydrogens is 325 g/mol. The molecule has 0 aromatic heterocycles. The van der Waals surface area contributed by atoms with Crippen LogP contribution in [-0.2, 0) is 0 Å². The zero-order valence-corrected chi connectivity index (χ0v) is 13.7. The second-order valence-corrected chi connectivity index (χ2v) is 6.38. The number of hydrogen-bond donors (Lipinski definition) is 2. The Morgan fingerprint density at radius 3 is 2.43 bits per heavy atom. The summed E-state index contributed by atoms with van der Waals surface area (Å²) < 4.78 is 18.8. The van der Waals surface area contributed by atoms with Crippen LogP contribution in [-0.4, -0.2) is 35.8 Å². The third-order valence-corrected chi connectivity index (χ3v) is 4.53. The van der Waals surface area contributed by atoms with Crippen molar-refractivity contribution in [2.45, 2.75) is 44.3 Å². The summed E-state index contributed by atoms with van der Waals surface area (Å²) in [6.45, 7) is 1.56. The Kier molecular flexibility index (Phi) is 5.14. The van der Waals surface area contributed by atoms with Gasteiger partial charge in [-0.15, -0.1) is 0 Å². The number of benzene rings is 1. The highest BCUT2D eigenvalue weighted by molar-refractivity contribution is 6.36. The predicted molar refractivity (Wildman–Crippen MR) is 84.2 cm³/mol. The van der Waals surface area contributed by atoms with Gasteiger partial charge in [0.1, 0.15) is 11.4 Å². The largest absolute Gasteiger partial charge is 0.497 e. The maximum Gasteiger partial charge on any atom is 0.337 e. The van der Waals surface area contributed by atoms with Gasteiger partial charge in [0.15, 0.2) is 0 Å². The molecule has 5 nitrogen and oxygen atoms in total. The van der Waals surface area contributed by atoms with Crippen LogP contribution < -0.4 is 10.1 Å². The van der Waals surface area contributed by atoms with E-state index < -0.39 is 17.5 Å². The zero-order valence-electron chi connectivity index (χ0n) is 13.0. The molecule has 0 bridgehead atoms. The standard InChI is InChI=1S/C16H19ClFNO4/c1-16(18)5-3-9(4-6-16)19-14(20)11-7-10(23-2)8-12(13(11)17)15(21)22/h7-9H,3-6H2,1-2H3,(H,19,20)(H,21,22). The monoisotopic (exact) mass is 343 g/mol. The Balaban J connectivity index is 2.19. The van der Waals surface area contributed by atoms with Gasteiger partial charge in [0.2, 0.25) is 0 Å². The van der Waals surface area contributed by atoms with Gasteiger partial charge in [-0.1, -0.05) is 11.6 Å². The van der Waals surface area contributed by atoms with Crippen LogP contribution in [0.5, 0.6) is 5.75 Å². The van der Waals surface area contributed by atoms with E-state index in [1.165, 1.54) is 19.2 Å². The number of methoxy groups -OCH3 is 1. The van der Waals surface area contributed by atoms with E-state index in [0.717, 1.165) is 0 Å². The van der Waals surface area contributed by atoms with Crippen molar-refractivity contribution in [3.05, 3.63) is 28.3 Å². The van der Waals surface area contributed by atoms with Gasteiger partial charge in [-0.25, -0.2) is 9.18 Å². The number of nitrogens with one attached hydrogen (secondary N) is 1. The van der Waals surface area contributed by atoms with Crippen LogP contribution in [0, 0.1) is 0 Å². The van der Waals surface area contributed by atoms with Crippen LogP contribution in [0.25, 0.3) is 0 Å². The van der Waals surface area contributed by atoms with Gasteiger partial charge >= 0.3 is 5.97 Å². The molecule has 1 amide bonds. The normalized spacial score (nSPS) is 24.1. The van der Waals surface area contributed by atoms with E-state index >= 15 is 0 Å². The molecule has 0 radical (unpaired) electrons. The fourth-order valence-electron chi connectivity index (χ4n) is 2.66. The first-order valence-corrected chi connectivity index (χ1v) is 7.72. The van der Waals surface area contributed by atoms with Crippen LogP contribution in [0.4, 0.5) is 4.39 Å². The van der Waals surface area contributed by atoms with Crippen LogP contribution in [0.2, 0.25) is 5.02 Å². The van der Waals surface area contributed by atoms with Gasteiger partial charge in [0.25, 0.3) is 5.91 Å². The smallest absolute Gasteiger partial charge is 0.337 e. The number of ether oxygens (including phenoxy) is 1. The number of carbonyl (C=O) groups is 2. The highest BCUT2D eigenvalue weighted by Gasteiger charge is 2.31. The number of halogens is 2. The van der Waals surface area contributed by atoms with Crippen molar-refractivity contribution < 1.29 is 23.8 Å². The summed E-state index contributed by atoms with van der Waals surface area (Å²) in [5.41, 5.74) is -1.35. The summed E-state index contributed by atoms with van der Waals surface area (Å²) in [5, 5.41) is 11.8. The van der Waals surface area contributed by atoms with E-state index in [1.54, 1.807) is 6.92 Å². The van der Waals surface area contributed by atoms with E-state index in [9.17, 15) is 14.0 Å². The van der Waals surface area contributed by atoms with Crippen molar-refractivity contribution in [2.24, 2.45) is 0 Å². The molecule has 1 saturated carbocycles. The third kappa shape index (κ3) is 4.13. The molecule has 0 atom stereocenters. The number of carbonyl (C=O) groups excluding carboxylic acids is 1. The Morgan fingerprint density at radius 2 is 1.91 bits per heavy atom. The van der Waals surface area contributed by atoms with Crippen LogP contribution in [0.3, 0.4) is 0 Å². The van der Waals surface area contributed by atoms with Gasteiger partial charge in [0.05, 0.1) is 23.3 Å². The maximum absolute atomic E-state index is 13.8. The average Bonchev–Trinajstić information content (AvgIpc) is 2.49. The summed E-state index contributed by atoms with van der Waals surface area (Å²) in [6, 6.07) is 2.50. The van der Waals surface area contributed by atoms with Crippen LogP contribution in [0.1, 0.15) is 53.3 Å². The summed E-state index contributed by atoms with van der Waals surface area (Å²) in [4.78, 5) is 23.6. The highest BCUT2D eigenvalue weighted by atomic mass is 35.5. The molecule has 0 unspecified atom stereocenters. The van der Waals surface area contributed by atoms with Gasteiger partial charge in [-0.05, 0) is 44.7 Å². The molecule has 0 aliphatic heterocycles. The average molecular weight is 344 g/mol. The Labute approximate surface area is 138 Å². The Morgan fingerprint density at radius 1 is 1.35 bits per heavy atom. The van der Waals surface area contributed by atoms with Gasteiger partial charge in [0, 0.05) is 6.04 Å². The number of rotatable bonds is 4. The number of hydrogen-bond acceptors (Lipinski definition) is 3. The van der Waals surface area contributed by atoms with Crippen molar-refractivity contribution in [3.63, 3.8) is 0 Å². The molecule has 1 aliphatic rings. The molecule has 2 N–H and O–H groups in total. The molecule has 2 rings (SSSR count). The van der Waals surface area contributed by atoms with E-state index in [4.69, 9.17) is 21.4 Å². The number of alkyl halides is 1. The minimum absolute atomic E-state index is 0.0389. The van der Waals surface area contributed by atoms with Crippen molar-refractivity contribution in [2.75, 3.05) is 7.11 Å². The Bertz CT molecular complexity index is 623. The summed E-state index contributed by atoms with van der Waals surface area (Å²) >= 11 is 6.03. The van der Waals surface area contributed by atoms with Gasteiger partial charge in [-0.3, -0.25) is 4.79 Å². The fourth-order valence-corrected chi connectivity index (χ4v) is 2.94. The lowest BCUT2D eigenvalue weighted by Gasteiger charge is -2.31. The molecule has 1 aliphatic carbocycles. The molecule has 1 aromatic carbocycles. The first-order valence-electron chi connectivity index (χ1n) is 7.34. The lowest BCUT2D eigenvalue weighted by Crippen LogP contribution is -2.40. The second-order valence-electron chi connectivity index (χ2n) is 6.00. The van der Waals surface area contributed by atoms with Crippen LogP contribution in [0.15, 0.2) is 12.1 Å². The predicted octanol–water partition coefficient (Wildman–Crippen LogP) is 3.45. The van der Waals surface area contributed by atoms with Crippen molar-refractivity contribution in [1.29, 1.82) is 0 Å². The quantitative estimate of drug-likeness (QED) is 0.878. The first kappa shape index (κ1) is 17.5. The van der Waals surface area contributed by atoms with Crippen molar-refractivity contribution in [1.82, 2.24) is 5.32 Å². The molecule has 0 saturated heterocycles. The molecule has 23 heavy (non-hydrogen) atoms. The minimum atomic E-state index is -1.24. The van der Waals surface area contributed by atoms with E-state index in [1.807, 2.05) is 0 Å². The molecular formula is C16H19ClFNO4. The number of carboxylic acids is 1. The second kappa shape index (κ2) is 6.74. The van der Waals surface area contributed by atoms with E-state index in [2.05, 4.69) is 5.32 Å². The van der Waals surface area contributed by atoms with Crippen LogP contribution >= 0.6 is 11.6 Å². The number of aromatic carboxylic acids is 1. The van der Waals surface area contributed by atoms with Crippen molar-refractivity contribution >= 4 is 23.5 Å². The molecule has 7 heteroatoms. The number of carboxylic acid groups (broad SMARTS) is 1. The summed E-state index contributed by atoms with van der Waals surface area (Å²) in [5.74, 6) is -1.49. The lowest BCUT2D eigenvalue weighted by atomic mass is 9.85. The molecule has 1 aromatic rings. The van der Waals surface area contributed by atoms with E-state index in [0.29, 0.717) is 25.7 Å². The van der Waals surface area contributed by atoms with Gasteiger partial charge in [-0.2, -0.15) is 0 Å². The summed E-state index contributed by atoms with van der Waals surface area (Å²) in [7, 11) is 1.37. The van der Waals surface area contributed by atoms with E-state index in [-0.39, 0.29) is 27.9 Å². The third-order valence-electron chi connectivity index (χ3n) is 4.12. The zero-order chi connectivity index (χ0) is 17.2.